The molecule has 0 fully saturated rings. The molecule has 1 atom stereocenters. The normalized spacial score (nSPS) is 11.6. The van der Waals surface area contributed by atoms with Crippen LogP contribution in [0.4, 0.5) is 0 Å². The molecule has 3 aromatic carbocycles. The van der Waals surface area contributed by atoms with Crippen LogP contribution in [0.25, 0.3) is 10.9 Å². The summed E-state index contributed by atoms with van der Waals surface area (Å²) < 4.78 is 10.6. The number of hydrogen-bond acceptors (Lipinski definition) is 4. The van der Waals surface area contributed by atoms with Crippen LogP contribution in [0.5, 0.6) is 11.5 Å². The molecule has 7 heteroatoms. The lowest BCUT2D eigenvalue weighted by Crippen LogP contribution is -2.34. The van der Waals surface area contributed by atoms with E-state index in [9.17, 15) is 9.59 Å². The highest BCUT2D eigenvalue weighted by molar-refractivity contribution is 5.98. The van der Waals surface area contributed by atoms with E-state index in [0.29, 0.717) is 30.0 Å². The molecule has 0 aliphatic rings. The van der Waals surface area contributed by atoms with Crippen LogP contribution >= 0.6 is 0 Å². The van der Waals surface area contributed by atoms with E-state index in [4.69, 9.17) is 9.47 Å². The van der Waals surface area contributed by atoms with Crippen LogP contribution in [0.1, 0.15) is 33.9 Å². The summed E-state index contributed by atoms with van der Waals surface area (Å²) >= 11 is 0. The molecule has 7 nitrogen and oxygen atoms in total. The SMILES string of the molecule is COc1ccc(OC)c(C(=O)NC(CC(=O)NCCc2c[nH]c3ccccc23)c2ccccc2)c1. The van der Waals surface area contributed by atoms with Crippen LogP contribution in [0.15, 0.2) is 79.0 Å². The number of ether oxygens (including phenoxy) is 2. The molecule has 0 saturated heterocycles. The van der Waals surface area contributed by atoms with Crippen LogP contribution in [-0.4, -0.2) is 37.6 Å². The molecule has 0 radical (unpaired) electrons. The largest absolute Gasteiger partial charge is 0.497 e. The molecule has 0 aliphatic carbocycles. The van der Waals surface area contributed by atoms with Gasteiger partial charge in [-0.15, -0.1) is 0 Å². The number of carbonyl (C=O) groups excluding carboxylic acids is 2. The van der Waals surface area contributed by atoms with Gasteiger partial charge in [-0.2, -0.15) is 0 Å². The van der Waals surface area contributed by atoms with Gasteiger partial charge in [0.25, 0.3) is 5.91 Å². The van der Waals surface area contributed by atoms with Gasteiger partial charge in [0.2, 0.25) is 5.91 Å². The van der Waals surface area contributed by atoms with Gasteiger partial charge in [-0.05, 0) is 41.8 Å². The van der Waals surface area contributed by atoms with Crippen molar-refractivity contribution < 1.29 is 19.1 Å². The second-order valence-electron chi connectivity index (χ2n) is 8.17. The van der Waals surface area contributed by atoms with Crippen LogP contribution in [0.2, 0.25) is 0 Å². The summed E-state index contributed by atoms with van der Waals surface area (Å²) in [6.07, 6.45) is 2.79. The first-order valence-electron chi connectivity index (χ1n) is 11.5. The highest BCUT2D eigenvalue weighted by Gasteiger charge is 2.21. The van der Waals surface area contributed by atoms with E-state index in [1.165, 1.54) is 14.2 Å². The van der Waals surface area contributed by atoms with Crippen LogP contribution < -0.4 is 20.1 Å². The number of methoxy groups -OCH3 is 2. The third-order valence-corrected chi connectivity index (χ3v) is 5.94. The Morgan fingerprint density at radius 1 is 0.943 bits per heavy atom. The zero-order valence-corrected chi connectivity index (χ0v) is 19.8. The van der Waals surface area contributed by atoms with Gasteiger partial charge < -0.3 is 25.1 Å². The van der Waals surface area contributed by atoms with Crippen LogP contribution in [0.3, 0.4) is 0 Å². The van der Waals surface area contributed by atoms with Gasteiger partial charge in [-0.3, -0.25) is 9.59 Å². The van der Waals surface area contributed by atoms with Crippen molar-refractivity contribution in [2.75, 3.05) is 20.8 Å². The smallest absolute Gasteiger partial charge is 0.255 e. The van der Waals surface area contributed by atoms with Gasteiger partial charge in [0.1, 0.15) is 11.5 Å². The second-order valence-corrected chi connectivity index (χ2v) is 8.17. The van der Waals surface area contributed by atoms with Crippen molar-refractivity contribution in [2.24, 2.45) is 0 Å². The predicted octanol–water partition coefficient (Wildman–Crippen LogP) is 4.41. The first-order valence-corrected chi connectivity index (χ1v) is 11.5. The summed E-state index contributed by atoms with van der Waals surface area (Å²) in [4.78, 5) is 29.3. The molecule has 1 heterocycles. The average molecular weight is 472 g/mol. The van der Waals surface area contributed by atoms with Crippen LogP contribution in [0, 0.1) is 0 Å². The van der Waals surface area contributed by atoms with Crippen molar-refractivity contribution >= 4 is 22.7 Å². The van der Waals surface area contributed by atoms with Crippen molar-refractivity contribution in [1.29, 1.82) is 0 Å². The number of fused-ring (bicyclic) bond motifs is 1. The maximum absolute atomic E-state index is 13.2. The number of para-hydroxylation sites is 1. The number of hydrogen-bond donors (Lipinski definition) is 3. The standard InChI is InChI=1S/C28H29N3O4/c1-34-21-12-13-26(35-2)23(16-21)28(33)31-25(19-8-4-3-5-9-19)17-27(32)29-15-14-20-18-30-24-11-7-6-10-22(20)24/h3-13,16,18,25,30H,14-15,17H2,1-2H3,(H,29,32)(H,31,33). The first kappa shape index (κ1) is 23.9. The Balaban J connectivity index is 1.43. The molecule has 0 spiro atoms. The highest BCUT2D eigenvalue weighted by Crippen LogP contribution is 2.26. The van der Waals surface area contributed by atoms with Gasteiger partial charge in [0.05, 0.1) is 32.2 Å². The Kier molecular flexibility index (Phi) is 7.67. The van der Waals surface area contributed by atoms with E-state index < -0.39 is 6.04 Å². The van der Waals surface area contributed by atoms with E-state index >= 15 is 0 Å². The third kappa shape index (κ3) is 5.81. The Morgan fingerprint density at radius 2 is 1.71 bits per heavy atom. The summed E-state index contributed by atoms with van der Waals surface area (Å²) in [7, 11) is 3.05. The summed E-state index contributed by atoms with van der Waals surface area (Å²) in [6.45, 7) is 0.500. The number of aromatic amines is 1. The van der Waals surface area contributed by atoms with Gasteiger partial charge >= 0.3 is 0 Å². The fraction of sp³-hybridized carbons (Fsp3) is 0.214. The Hall–Kier alpha value is -4.26. The van der Waals surface area contributed by atoms with Crippen molar-refractivity contribution in [1.82, 2.24) is 15.6 Å². The first-order chi connectivity index (χ1) is 17.1. The van der Waals surface area contributed by atoms with E-state index in [2.05, 4.69) is 21.7 Å². The summed E-state index contributed by atoms with van der Waals surface area (Å²) in [5.41, 5.74) is 3.41. The lowest BCUT2D eigenvalue weighted by Gasteiger charge is -2.20. The molecule has 1 aromatic heterocycles. The molecule has 4 aromatic rings. The number of carbonyl (C=O) groups is 2. The monoisotopic (exact) mass is 471 g/mol. The molecule has 3 N–H and O–H groups in total. The summed E-state index contributed by atoms with van der Waals surface area (Å²) in [5.74, 6) is 0.485. The van der Waals surface area contributed by atoms with Crippen LogP contribution in [-0.2, 0) is 11.2 Å². The number of nitrogens with one attached hydrogen (secondary N) is 3. The minimum Gasteiger partial charge on any atom is -0.497 e. The zero-order valence-electron chi connectivity index (χ0n) is 19.8. The molecule has 0 bridgehead atoms. The minimum atomic E-state index is -0.507. The van der Waals surface area contributed by atoms with E-state index in [1.807, 2.05) is 54.7 Å². The van der Waals surface area contributed by atoms with Gasteiger partial charge in [0.15, 0.2) is 0 Å². The molecule has 180 valence electrons. The molecule has 4 rings (SSSR count). The predicted molar refractivity (Wildman–Crippen MR) is 136 cm³/mol. The maximum atomic E-state index is 13.2. The molecule has 2 amide bonds. The molecular weight excluding hydrogens is 442 g/mol. The van der Waals surface area contributed by atoms with E-state index in [-0.39, 0.29) is 18.2 Å². The lowest BCUT2D eigenvalue weighted by atomic mass is 10.0. The summed E-state index contributed by atoms with van der Waals surface area (Å²) in [6, 6.07) is 22.1. The molecular formula is C28H29N3O4. The molecule has 0 saturated carbocycles. The van der Waals surface area contributed by atoms with Crippen molar-refractivity contribution in [2.45, 2.75) is 18.9 Å². The topological polar surface area (TPSA) is 92.4 Å². The Labute approximate surface area is 204 Å². The number of benzene rings is 3. The van der Waals surface area contributed by atoms with Crippen molar-refractivity contribution in [3.05, 3.63) is 95.7 Å². The minimum absolute atomic E-state index is 0.107. The maximum Gasteiger partial charge on any atom is 0.255 e. The van der Waals surface area contributed by atoms with E-state index in [0.717, 1.165) is 22.0 Å². The average Bonchev–Trinajstić information content (AvgIpc) is 3.31. The summed E-state index contributed by atoms with van der Waals surface area (Å²) in [5, 5.41) is 7.14. The fourth-order valence-electron chi connectivity index (χ4n) is 4.10. The fourth-order valence-corrected chi connectivity index (χ4v) is 4.10. The van der Waals surface area contributed by atoms with Gasteiger partial charge in [-0.1, -0.05) is 48.5 Å². The van der Waals surface area contributed by atoms with Crippen molar-refractivity contribution in [3.8, 4) is 11.5 Å². The van der Waals surface area contributed by atoms with E-state index in [1.54, 1.807) is 18.2 Å². The number of aromatic nitrogens is 1. The molecule has 1 unspecified atom stereocenters. The second kappa shape index (κ2) is 11.2. The third-order valence-electron chi connectivity index (χ3n) is 5.94. The van der Waals surface area contributed by atoms with Gasteiger partial charge in [-0.25, -0.2) is 0 Å². The van der Waals surface area contributed by atoms with Gasteiger partial charge in [0, 0.05) is 23.6 Å². The van der Waals surface area contributed by atoms with Crippen molar-refractivity contribution in [3.63, 3.8) is 0 Å². The quantitative estimate of drug-likeness (QED) is 0.320. The lowest BCUT2D eigenvalue weighted by molar-refractivity contribution is -0.121. The number of amides is 2. The zero-order chi connectivity index (χ0) is 24.6. The Bertz CT molecular complexity index is 1300. The molecule has 0 aliphatic heterocycles. The molecule has 35 heavy (non-hydrogen) atoms. The number of H-pyrrole nitrogens is 1. The Morgan fingerprint density at radius 3 is 2.49 bits per heavy atom. The number of rotatable bonds is 10. The highest BCUT2D eigenvalue weighted by atomic mass is 16.5.